The first-order valence-electron chi connectivity index (χ1n) is 10.2. The first-order valence-corrected chi connectivity index (χ1v) is 11.9. The predicted octanol–water partition coefficient (Wildman–Crippen LogP) is 6.52. The van der Waals surface area contributed by atoms with Gasteiger partial charge in [-0.2, -0.15) is 0 Å². The number of fused-ring (bicyclic) bond motifs is 2. The smallest absolute Gasteiger partial charge is 0.173 e. The number of thiophene rings is 1. The summed E-state index contributed by atoms with van der Waals surface area (Å²) < 4.78 is 30.4. The minimum atomic E-state index is -0.489. The molecule has 0 saturated carbocycles. The summed E-state index contributed by atoms with van der Waals surface area (Å²) in [7, 11) is 0. The lowest BCUT2D eigenvalue weighted by atomic mass is 9.89. The number of hydrogen-bond acceptors (Lipinski definition) is 6. The number of benzene rings is 1. The number of pyridine rings is 1. The Kier molecular flexibility index (Phi) is 5.16. The van der Waals surface area contributed by atoms with Crippen molar-refractivity contribution in [2.45, 2.75) is 38.6 Å². The average Bonchev–Trinajstić information content (AvgIpc) is 3.39. The van der Waals surface area contributed by atoms with Crippen LogP contribution in [-0.4, -0.2) is 34.0 Å². The highest BCUT2D eigenvalue weighted by atomic mass is 32.1. The Labute approximate surface area is 181 Å². The van der Waals surface area contributed by atoms with Crippen LogP contribution in [0.25, 0.3) is 20.4 Å². The first kappa shape index (κ1) is 19.8. The second-order valence-electron chi connectivity index (χ2n) is 7.72. The number of nitrogens with zero attached hydrogens (tertiary/aromatic N) is 3. The summed E-state index contributed by atoms with van der Waals surface area (Å²) in [5.74, 6) is -0.554. The quantitative estimate of drug-likeness (QED) is 0.389. The number of hydrogen-bond donors (Lipinski definition) is 1. The summed E-state index contributed by atoms with van der Waals surface area (Å²) in [6, 6.07) is 5.91. The monoisotopic (exact) mass is 444 g/mol. The predicted molar refractivity (Wildman–Crippen MR) is 121 cm³/mol. The number of rotatable bonds is 4. The molecular formula is C22H22F2N4S2. The highest BCUT2D eigenvalue weighted by molar-refractivity contribution is 7.18. The number of halogens is 2. The molecule has 2 atom stereocenters. The molecule has 30 heavy (non-hydrogen) atoms. The van der Waals surface area contributed by atoms with Crippen molar-refractivity contribution in [2.75, 3.05) is 18.4 Å². The van der Waals surface area contributed by atoms with E-state index in [1.807, 2.05) is 6.07 Å². The summed E-state index contributed by atoms with van der Waals surface area (Å²) in [6.07, 6.45) is 3.49. The van der Waals surface area contributed by atoms with Crippen LogP contribution in [0.2, 0.25) is 0 Å². The maximum Gasteiger partial charge on any atom is 0.173 e. The normalized spacial score (nSPS) is 20.3. The van der Waals surface area contributed by atoms with Gasteiger partial charge >= 0.3 is 0 Å². The van der Waals surface area contributed by atoms with Crippen molar-refractivity contribution in [2.24, 2.45) is 0 Å². The van der Waals surface area contributed by atoms with Gasteiger partial charge in [0.2, 0.25) is 0 Å². The van der Waals surface area contributed by atoms with Gasteiger partial charge in [0, 0.05) is 22.2 Å². The van der Waals surface area contributed by atoms with Gasteiger partial charge in [0.25, 0.3) is 0 Å². The third kappa shape index (κ3) is 3.27. The lowest BCUT2D eigenvalue weighted by molar-refractivity contribution is 0.148. The largest absolute Gasteiger partial charge is 0.350 e. The fourth-order valence-electron chi connectivity index (χ4n) is 4.46. The zero-order valence-electron chi connectivity index (χ0n) is 16.8. The van der Waals surface area contributed by atoms with E-state index in [9.17, 15) is 8.78 Å². The van der Waals surface area contributed by atoms with Crippen LogP contribution in [0.5, 0.6) is 0 Å². The second-order valence-corrected chi connectivity index (χ2v) is 9.67. The SMILES string of the molecule is CCN1CCC[C@H](c2cc3c(Nc4ccc5scnc5c4F)c(F)cnc3s2)[C@@H]1C. The molecule has 1 N–H and O–H groups in total. The van der Waals surface area contributed by atoms with Crippen LogP contribution in [0, 0.1) is 11.6 Å². The van der Waals surface area contributed by atoms with Crippen LogP contribution in [0.15, 0.2) is 29.9 Å². The number of aromatic nitrogens is 2. The number of anilines is 2. The van der Waals surface area contributed by atoms with Gasteiger partial charge in [0.15, 0.2) is 11.6 Å². The summed E-state index contributed by atoms with van der Waals surface area (Å²) in [4.78, 5) is 12.9. The van der Waals surface area contributed by atoms with Crippen LogP contribution in [0.1, 0.15) is 37.5 Å². The van der Waals surface area contributed by atoms with Crippen LogP contribution >= 0.6 is 22.7 Å². The molecule has 3 aromatic heterocycles. The molecule has 1 saturated heterocycles. The highest BCUT2D eigenvalue weighted by Gasteiger charge is 2.30. The van der Waals surface area contributed by atoms with E-state index in [1.54, 1.807) is 29.0 Å². The van der Waals surface area contributed by atoms with Crippen molar-refractivity contribution in [3.63, 3.8) is 0 Å². The van der Waals surface area contributed by atoms with Crippen molar-refractivity contribution in [1.29, 1.82) is 0 Å². The molecule has 1 aliphatic heterocycles. The summed E-state index contributed by atoms with van der Waals surface area (Å²) in [6.45, 7) is 6.61. The van der Waals surface area contributed by atoms with Gasteiger partial charge in [-0.15, -0.1) is 22.7 Å². The minimum Gasteiger partial charge on any atom is -0.350 e. The van der Waals surface area contributed by atoms with E-state index in [0.717, 1.165) is 35.5 Å². The van der Waals surface area contributed by atoms with Gasteiger partial charge in [-0.3, -0.25) is 0 Å². The molecule has 1 aliphatic rings. The maximum absolute atomic E-state index is 14.9. The molecule has 4 aromatic rings. The fourth-order valence-corrected chi connectivity index (χ4v) is 6.38. The fraction of sp³-hybridized carbons (Fsp3) is 0.364. The molecule has 1 aromatic carbocycles. The van der Waals surface area contributed by atoms with Crippen LogP contribution < -0.4 is 5.32 Å². The van der Waals surface area contributed by atoms with Crippen molar-refractivity contribution >= 4 is 54.5 Å². The lowest BCUT2D eigenvalue weighted by Gasteiger charge is -2.38. The van der Waals surface area contributed by atoms with Gasteiger partial charge < -0.3 is 10.2 Å². The van der Waals surface area contributed by atoms with Gasteiger partial charge in [-0.05, 0) is 51.1 Å². The van der Waals surface area contributed by atoms with E-state index >= 15 is 0 Å². The maximum atomic E-state index is 14.9. The first-order chi connectivity index (χ1) is 14.6. The van der Waals surface area contributed by atoms with Crippen LogP contribution in [0.4, 0.5) is 20.2 Å². The van der Waals surface area contributed by atoms with E-state index in [-0.39, 0.29) is 11.4 Å². The van der Waals surface area contributed by atoms with E-state index in [0.29, 0.717) is 22.9 Å². The Hall–Kier alpha value is -2.16. The average molecular weight is 445 g/mol. The summed E-state index contributed by atoms with van der Waals surface area (Å²) in [5, 5.41) is 3.69. The topological polar surface area (TPSA) is 41.0 Å². The van der Waals surface area contributed by atoms with E-state index < -0.39 is 11.6 Å². The van der Waals surface area contributed by atoms with E-state index in [1.165, 1.54) is 22.4 Å². The summed E-state index contributed by atoms with van der Waals surface area (Å²) in [5.41, 5.74) is 2.40. The van der Waals surface area contributed by atoms with Crippen LogP contribution in [0.3, 0.4) is 0 Å². The van der Waals surface area contributed by atoms with Crippen molar-refractivity contribution in [1.82, 2.24) is 14.9 Å². The minimum absolute atomic E-state index is 0.218. The highest BCUT2D eigenvalue weighted by Crippen LogP contribution is 2.41. The Morgan fingerprint density at radius 2 is 2.13 bits per heavy atom. The van der Waals surface area contributed by atoms with Gasteiger partial charge in [-0.25, -0.2) is 18.7 Å². The number of piperidine rings is 1. The molecule has 0 aliphatic carbocycles. The molecule has 4 nitrogen and oxygen atoms in total. The Balaban J connectivity index is 1.55. The molecule has 0 radical (unpaired) electrons. The zero-order valence-corrected chi connectivity index (χ0v) is 18.4. The standard InChI is InChI=1S/C22H22F2N4S2/c1-3-28-8-4-5-13(12(28)2)18-9-14-20(15(23)10-25-22(14)30-18)27-16-6-7-17-21(19(16)24)26-11-29-17/h6-7,9-13H,3-5,8H2,1-2H3,(H,25,27)/t12-,13-/m0/s1. The number of nitrogens with one attached hydrogen (secondary N) is 1. The third-order valence-electron chi connectivity index (χ3n) is 6.13. The molecule has 8 heteroatoms. The Bertz CT molecular complexity index is 1220. The number of thiazole rings is 1. The molecule has 1 fully saturated rings. The molecule has 5 rings (SSSR count). The number of likely N-dealkylation sites (tertiary alicyclic amines) is 1. The molecule has 4 heterocycles. The Morgan fingerprint density at radius 3 is 2.97 bits per heavy atom. The van der Waals surface area contributed by atoms with E-state index in [4.69, 9.17) is 0 Å². The van der Waals surface area contributed by atoms with Gasteiger partial charge in [0.1, 0.15) is 10.3 Å². The lowest BCUT2D eigenvalue weighted by Crippen LogP contribution is -2.41. The van der Waals surface area contributed by atoms with Crippen molar-refractivity contribution in [3.05, 3.63) is 46.4 Å². The van der Waals surface area contributed by atoms with Gasteiger partial charge in [-0.1, -0.05) is 6.92 Å². The summed E-state index contributed by atoms with van der Waals surface area (Å²) >= 11 is 2.99. The van der Waals surface area contributed by atoms with E-state index in [2.05, 4.69) is 34.0 Å². The molecular weight excluding hydrogens is 422 g/mol. The molecule has 0 amide bonds. The van der Waals surface area contributed by atoms with Gasteiger partial charge in [0.05, 0.1) is 27.8 Å². The van der Waals surface area contributed by atoms with Crippen molar-refractivity contribution < 1.29 is 8.78 Å². The zero-order chi connectivity index (χ0) is 20.8. The second kappa shape index (κ2) is 7.83. The van der Waals surface area contributed by atoms with Crippen molar-refractivity contribution in [3.8, 4) is 0 Å². The molecule has 0 bridgehead atoms. The van der Waals surface area contributed by atoms with Crippen LogP contribution in [-0.2, 0) is 0 Å². The molecule has 0 spiro atoms. The molecule has 0 unspecified atom stereocenters. The third-order valence-corrected chi connectivity index (χ3v) is 8.09. The molecule has 156 valence electrons. The number of likely N-dealkylation sites (N-methyl/N-ethyl adjacent to an activating group) is 1. The Morgan fingerprint density at radius 1 is 1.27 bits per heavy atom.